The Bertz CT molecular complexity index is 1050. The molecule has 0 N–H and O–H groups in total. The van der Waals surface area contributed by atoms with Crippen LogP contribution in [0.2, 0.25) is 0 Å². The van der Waals surface area contributed by atoms with E-state index < -0.39 is 0 Å². The summed E-state index contributed by atoms with van der Waals surface area (Å²) in [6, 6.07) is 12.6. The molecule has 29 heavy (non-hydrogen) atoms. The molecule has 1 amide bonds. The monoisotopic (exact) mass is 409 g/mol. The van der Waals surface area contributed by atoms with Gasteiger partial charge in [-0.3, -0.25) is 4.79 Å². The summed E-state index contributed by atoms with van der Waals surface area (Å²) >= 11 is 1.73. The fraction of sp³-hybridized carbons (Fsp3) is 0.348. The van der Waals surface area contributed by atoms with Gasteiger partial charge in [0.2, 0.25) is 0 Å². The van der Waals surface area contributed by atoms with Crippen molar-refractivity contribution in [3.05, 3.63) is 47.3 Å². The highest BCUT2D eigenvalue weighted by atomic mass is 32.1. The Kier molecular flexibility index (Phi) is 4.89. The molecular formula is C23H23NO4S. The molecule has 150 valence electrons. The molecule has 1 unspecified atom stereocenters. The summed E-state index contributed by atoms with van der Waals surface area (Å²) in [5.41, 5.74) is 3.22. The van der Waals surface area contributed by atoms with E-state index in [0.717, 1.165) is 29.7 Å². The van der Waals surface area contributed by atoms with Crippen LogP contribution in [0.15, 0.2) is 41.8 Å². The molecule has 0 radical (unpaired) electrons. The maximum atomic E-state index is 12.9. The first-order chi connectivity index (χ1) is 14.2. The van der Waals surface area contributed by atoms with Crippen molar-refractivity contribution in [1.82, 2.24) is 4.90 Å². The van der Waals surface area contributed by atoms with Crippen LogP contribution in [0.3, 0.4) is 0 Å². The second-order valence-corrected chi connectivity index (χ2v) is 8.33. The first-order valence-electron chi connectivity index (χ1n) is 9.95. The van der Waals surface area contributed by atoms with E-state index in [1.807, 2.05) is 11.0 Å². The van der Waals surface area contributed by atoms with Crippen LogP contribution in [0.5, 0.6) is 11.5 Å². The highest BCUT2D eigenvalue weighted by Crippen LogP contribution is 2.41. The predicted molar refractivity (Wildman–Crippen MR) is 114 cm³/mol. The lowest BCUT2D eigenvalue weighted by atomic mass is 10.0. The maximum absolute atomic E-state index is 12.9. The van der Waals surface area contributed by atoms with Crippen LogP contribution in [0.4, 0.5) is 0 Å². The molecule has 2 aromatic carbocycles. The van der Waals surface area contributed by atoms with Gasteiger partial charge >= 0.3 is 0 Å². The topological polar surface area (TPSA) is 48.0 Å². The normalized spacial score (nSPS) is 18.9. The number of amides is 1. The van der Waals surface area contributed by atoms with Crippen molar-refractivity contribution in [2.45, 2.75) is 25.5 Å². The highest BCUT2D eigenvalue weighted by Gasteiger charge is 2.31. The summed E-state index contributed by atoms with van der Waals surface area (Å²) in [6.45, 7) is 2.16. The number of thiophene rings is 1. The Balaban J connectivity index is 1.54. The quantitative estimate of drug-likeness (QED) is 0.640. The number of nitrogens with zero attached hydrogens (tertiary/aromatic N) is 1. The molecule has 3 aromatic rings. The second-order valence-electron chi connectivity index (χ2n) is 7.42. The van der Waals surface area contributed by atoms with E-state index in [0.29, 0.717) is 32.1 Å². The average molecular weight is 410 g/mol. The zero-order valence-corrected chi connectivity index (χ0v) is 17.2. The van der Waals surface area contributed by atoms with Gasteiger partial charge in [-0.2, -0.15) is 0 Å². The molecular weight excluding hydrogens is 386 g/mol. The second kappa shape index (κ2) is 7.69. The van der Waals surface area contributed by atoms with Crippen molar-refractivity contribution < 1.29 is 19.0 Å². The van der Waals surface area contributed by atoms with E-state index in [1.165, 1.54) is 15.6 Å². The minimum absolute atomic E-state index is 0.0595. The van der Waals surface area contributed by atoms with Gasteiger partial charge in [0.05, 0.1) is 13.7 Å². The van der Waals surface area contributed by atoms with Gasteiger partial charge in [-0.15, -0.1) is 11.3 Å². The van der Waals surface area contributed by atoms with Crippen LogP contribution in [-0.2, 0) is 16.1 Å². The molecule has 3 heterocycles. The Morgan fingerprint density at radius 1 is 1.24 bits per heavy atom. The summed E-state index contributed by atoms with van der Waals surface area (Å²) in [4.78, 5) is 14.8. The zero-order valence-electron chi connectivity index (χ0n) is 16.3. The van der Waals surface area contributed by atoms with Gasteiger partial charge in [-0.1, -0.05) is 18.2 Å². The van der Waals surface area contributed by atoms with Gasteiger partial charge in [0.15, 0.2) is 11.5 Å². The van der Waals surface area contributed by atoms with Crippen molar-refractivity contribution in [2.75, 3.05) is 26.9 Å². The van der Waals surface area contributed by atoms with E-state index >= 15 is 0 Å². The Labute approximate surface area is 173 Å². The number of rotatable bonds is 3. The minimum atomic E-state index is -0.317. The number of carbonyl (C=O) groups is 1. The summed E-state index contributed by atoms with van der Waals surface area (Å²) in [7, 11) is 1.66. The highest BCUT2D eigenvalue weighted by molar-refractivity contribution is 7.17. The molecule has 1 fully saturated rings. The van der Waals surface area contributed by atoms with E-state index in [4.69, 9.17) is 14.2 Å². The largest absolute Gasteiger partial charge is 0.493 e. The van der Waals surface area contributed by atoms with Gasteiger partial charge in [0.1, 0.15) is 12.7 Å². The number of benzene rings is 2. The number of carbonyl (C=O) groups excluding carboxylic acids is 1. The van der Waals surface area contributed by atoms with Crippen LogP contribution in [0, 0.1) is 0 Å². The van der Waals surface area contributed by atoms with Gasteiger partial charge in [0, 0.05) is 34.4 Å². The van der Waals surface area contributed by atoms with Crippen molar-refractivity contribution >= 4 is 27.3 Å². The van der Waals surface area contributed by atoms with Crippen LogP contribution in [0.25, 0.3) is 21.2 Å². The van der Waals surface area contributed by atoms with Crippen LogP contribution < -0.4 is 9.47 Å². The average Bonchev–Trinajstić information content (AvgIpc) is 3.38. The first kappa shape index (κ1) is 18.5. The van der Waals surface area contributed by atoms with Crippen molar-refractivity contribution in [3.8, 4) is 22.6 Å². The predicted octanol–water partition coefficient (Wildman–Crippen LogP) is 4.48. The summed E-state index contributed by atoms with van der Waals surface area (Å²) in [5, 5.41) is 3.40. The molecule has 5 rings (SSSR count). The summed E-state index contributed by atoms with van der Waals surface area (Å²) < 4.78 is 18.6. The third-order valence-corrected chi connectivity index (χ3v) is 6.59. The molecule has 0 spiro atoms. The summed E-state index contributed by atoms with van der Waals surface area (Å²) in [6.07, 6.45) is 1.43. The van der Waals surface area contributed by atoms with Gasteiger partial charge < -0.3 is 19.1 Å². The fourth-order valence-corrected chi connectivity index (χ4v) is 5.13. The Morgan fingerprint density at radius 2 is 2.14 bits per heavy atom. The smallest absolute Gasteiger partial charge is 0.252 e. The van der Waals surface area contributed by atoms with Gasteiger partial charge in [0.25, 0.3) is 5.91 Å². The van der Waals surface area contributed by atoms with Crippen molar-refractivity contribution in [2.24, 2.45) is 0 Å². The Morgan fingerprint density at radius 3 is 2.97 bits per heavy atom. The molecule has 1 saturated heterocycles. The maximum Gasteiger partial charge on any atom is 0.252 e. The number of hydrogen-bond acceptors (Lipinski definition) is 5. The number of fused-ring (bicyclic) bond motifs is 2. The molecule has 2 aliphatic rings. The van der Waals surface area contributed by atoms with E-state index in [1.54, 1.807) is 18.4 Å². The summed E-state index contributed by atoms with van der Waals surface area (Å²) in [5.74, 6) is 1.50. The lowest BCUT2D eigenvalue weighted by Gasteiger charge is -2.23. The molecule has 0 saturated carbocycles. The minimum Gasteiger partial charge on any atom is -0.493 e. The molecule has 0 bridgehead atoms. The van der Waals surface area contributed by atoms with Gasteiger partial charge in [-0.25, -0.2) is 0 Å². The molecule has 1 aromatic heterocycles. The third kappa shape index (κ3) is 3.36. The standard InChI is InChI=1S/C23H23NO4S/c1-26-20-12-15(18-14-29-21-7-3-2-5-17(18)21)11-16-13-24(8-10-28-22(16)20)23(25)19-6-4-9-27-19/h2-3,5,7,11-12,14,19H,4,6,8-10,13H2,1H3. The van der Waals surface area contributed by atoms with Crippen molar-refractivity contribution in [3.63, 3.8) is 0 Å². The first-order valence-corrected chi connectivity index (χ1v) is 10.8. The number of methoxy groups -OCH3 is 1. The number of hydrogen-bond donors (Lipinski definition) is 0. The fourth-order valence-electron chi connectivity index (χ4n) is 4.16. The van der Waals surface area contributed by atoms with Gasteiger partial charge in [-0.05, 0) is 42.0 Å². The molecule has 2 aliphatic heterocycles. The Hall–Kier alpha value is -2.57. The van der Waals surface area contributed by atoms with Crippen LogP contribution >= 0.6 is 11.3 Å². The SMILES string of the molecule is COc1cc(-c2csc3ccccc23)cc2c1OCCN(C(=O)C1CCCO1)C2. The van der Waals surface area contributed by atoms with Crippen LogP contribution in [-0.4, -0.2) is 43.8 Å². The molecule has 6 heteroatoms. The van der Waals surface area contributed by atoms with Crippen molar-refractivity contribution in [1.29, 1.82) is 0 Å². The lowest BCUT2D eigenvalue weighted by Crippen LogP contribution is -2.39. The lowest BCUT2D eigenvalue weighted by molar-refractivity contribution is -0.141. The molecule has 0 aliphatic carbocycles. The molecule has 5 nitrogen and oxygen atoms in total. The van der Waals surface area contributed by atoms with Crippen LogP contribution in [0.1, 0.15) is 18.4 Å². The van der Waals surface area contributed by atoms with E-state index in [2.05, 4.69) is 35.7 Å². The third-order valence-electron chi connectivity index (χ3n) is 5.63. The zero-order chi connectivity index (χ0) is 19.8. The molecule has 1 atom stereocenters. The number of ether oxygens (including phenoxy) is 3. The van der Waals surface area contributed by atoms with E-state index in [9.17, 15) is 4.79 Å². The van der Waals surface area contributed by atoms with E-state index in [-0.39, 0.29) is 12.0 Å².